The van der Waals surface area contributed by atoms with Crippen molar-refractivity contribution in [3.8, 4) is 0 Å². The molecule has 30 heavy (non-hydrogen) atoms. The third kappa shape index (κ3) is 4.31. The molecule has 0 saturated carbocycles. The lowest BCUT2D eigenvalue weighted by molar-refractivity contribution is -0.142. The summed E-state index contributed by atoms with van der Waals surface area (Å²) < 4.78 is 5.50. The molecule has 1 heterocycles. The minimum Gasteiger partial charge on any atom is -0.456 e. The number of ether oxygens (including phenoxy) is 1. The van der Waals surface area contributed by atoms with E-state index in [2.05, 4.69) is 4.98 Å². The molecule has 0 amide bonds. The summed E-state index contributed by atoms with van der Waals surface area (Å²) in [5, 5.41) is 0.291. The Morgan fingerprint density at radius 1 is 0.900 bits per heavy atom. The fourth-order valence-electron chi connectivity index (χ4n) is 3.44. The Labute approximate surface area is 179 Å². The minimum atomic E-state index is -0.550. The number of para-hydroxylation sites is 1. The zero-order valence-corrected chi connectivity index (χ0v) is 17.3. The molecular weight excluding hydrogens is 394 g/mol. The molecule has 3 aromatic carbocycles. The van der Waals surface area contributed by atoms with Crippen molar-refractivity contribution in [2.45, 2.75) is 17.1 Å². The first-order chi connectivity index (χ1) is 14.6. The number of thioether (sulfide) groups is 1. The van der Waals surface area contributed by atoms with E-state index in [9.17, 15) is 9.59 Å². The molecule has 0 aliphatic rings. The van der Waals surface area contributed by atoms with Gasteiger partial charge in [0, 0.05) is 27.1 Å². The molecule has 150 valence electrons. The quantitative estimate of drug-likeness (QED) is 0.238. The largest absolute Gasteiger partial charge is 0.456 e. The van der Waals surface area contributed by atoms with Crippen LogP contribution in [0.25, 0.3) is 10.9 Å². The maximum atomic E-state index is 13.0. The lowest BCUT2D eigenvalue weighted by Crippen LogP contribution is -2.19. The maximum Gasteiger partial charge on any atom is 0.324 e. The number of carbonyl (C=O) groups is 2. The highest BCUT2D eigenvalue weighted by molar-refractivity contribution is 8.00. The predicted octanol–water partition coefficient (Wildman–Crippen LogP) is 5.74. The molecule has 4 aromatic rings. The molecule has 0 spiro atoms. The van der Waals surface area contributed by atoms with Gasteiger partial charge in [0.15, 0.2) is 6.61 Å². The first kappa shape index (κ1) is 20.0. The van der Waals surface area contributed by atoms with Gasteiger partial charge in [0.25, 0.3) is 0 Å². The molecular formula is C25H21NO3S. The van der Waals surface area contributed by atoms with E-state index < -0.39 is 11.2 Å². The van der Waals surface area contributed by atoms with E-state index in [1.807, 2.05) is 91.9 Å². The van der Waals surface area contributed by atoms with Gasteiger partial charge in [-0.2, -0.15) is 0 Å². The van der Waals surface area contributed by atoms with Gasteiger partial charge < -0.3 is 9.72 Å². The molecule has 0 fully saturated rings. The number of ketones is 1. The molecule has 0 bridgehead atoms. The molecule has 4 rings (SSSR count). The molecule has 1 N–H and O–H groups in total. The van der Waals surface area contributed by atoms with Crippen molar-refractivity contribution in [3.05, 3.63) is 102 Å². The zero-order valence-electron chi connectivity index (χ0n) is 16.5. The highest BCUT2D eigenvalue weighted by Gasteiger charge is 2.25. The monoisotopic (exact) mass is 415 g/mol. The smallest absolute Gasteiger partial charge is 0.324 e. The number of carbonyl (C=O) groups excluding carboxylic acids is 2. The number of rotatable bonds is 7. The summed E-state index contributed by atoms with van der Waals surface area (Å²) in [4.78, 5) is 30.0. The van der Waals surface area contributed by atoms with Crippen LogP contribution in [-0.4, -0.2) is 23.3 Å². The van der Waals surface area contributed by atoms with Gasteiger partial charge in [-0.15, -0.1) is 11.8 Å². The zero-order chi connectivity index (χ0) is 20.9. The van der Waals surface area contributed by atoms with Gasteiger partial charge in [0.2, 0.25) is 5.78 Å². The number of aryl methyl sites for hydroxylation is 1. The van der Waals surface area contributed by atoms with Crippen molar-refractivity contribution in [1.82, 2.24) is 4.98 Å². The molecule has 0 saturated heterocycles. The molecule has 4 nitrogen and oxygen atoms in total. The van der Waals surface area contributed by atoms with E-state index in [0.29, 0.717) is 5.56 Å². The number of H-pyrrole nitrogens is 1. The van der Waals surface area contributed by atoms with Crippen molar-refractivity contribution in [2.24, 2.45) is 0 Å². The molecule has 1 aromatic heterocycles. The topological polar surface area (TPSA) is 59.2 Å². The Kier molecular flexibility index (Phi) is 6.00. The van der Waals surface area contributed by atoms with Crippen molar-refractivity contribution in [2.75, 3.05) is 6.61 Å². The van der Waals surface area contributed by atoms with Gasteiger partial charge in [0.05, 0.1) is 0 Å². The van der Waals surface area contributed by atoms with Crippen LogP contribution >= 0.6 is 11.8 Å². The summed E-state index contributed by atoms with van der Waals surface area (Å²) >= 11 is 1.41. The van der Waals surface area contributed by atoms with Crippen LogP contribution in [0.3, 0.4) is 0 Å². The fraction of sp³-hybridized carbons (Fsp3) is 0.120. The highest BCUT2D eigenvalue weighted by Crippen LogP contribution is 2.36. The Morgan fingerprint density at radius 2 is 1.53 bits per heavy atom. The number of aromatic nitrogens is 1. The third-order valence-corrected chi connectivity index (χ3v) is 6.08. The Hall–Kier alpha value is -3.31. The minimum absolute atomic E-state index is 0.213. The number of fused-ring (bicyclic) bond motifs is 1. The lowest BCUT2D eigenvalue weighted by Gasteiger charge is -2.16. The van der Waals surface area contributed by atoms with Crippen LogP contribution in [0, 0.1) is 6.92 Å². The summed E-state index contributed by atoms with van der Waals surface area (Å²) in [6.45, 7) is 1.56. The maximum absolute atomic E-state index is 13.0. The number of benzene rings is 3. The Balaban J connectivity index is 1.52. The van der Waals surface area contributed by atoms with Gasteiger partial charge in [-0.25, -0.2) is 0 Å². The standard InChI is InChI=1S/C25H21NO3S/c1-17-23(20-14-8-9-15-21(20)26-17)22(27)16-29-25(28)24(18-10-4-2-5-11-18)30-19-12-6-3-7-13-19/h2-15,24,26H,16H2,1H3/t24-/m1/s1. The molecule has 5 heteroatoms. The summed E-state index contributed by atoms with van der Waals surface area (Å²) in [5.41, 5.74) is 3.08. The number of hydrogen-bond donors (Lipinski definition) is 1. The molecule has 0 aliphatic carbocycles. The molecule has 0 aliphatic heterocycles. The SMILES string of the molecule is Cc1[nH]c2ccccc2c1C(=O)COC(=O)[C@H](Sc1ccccc1)c1ccccc1. The number of nitrogens with one attached hydrogen (secondary N) is 1. The second-order valence-corrected chi connectivity index (χ2v) is 8.10. The summed E-state index contributed by atoms with van der Waals surface area (Å²) in [7, 11) is 0. The summed E-state index contributed by atoms with van der Waals surface area (Å²) in [6.07, 6.45) is 0. The first-order valence-corrected chi connectivity index (χ1v) is 10.6. The van der Waals surface area contributed by atoms with Gasteiger partial charge in [0.1, 0.15) is 5.25 Å². The highest BCUT2D eigenvalue weighted by atomic mass is 32.2. The van der Waals surface area contributed by atoms with Gasteiger partial charge in [-0.05, 0) is 30.7 Å². The van der Waals surface area contributed by atoms with E-state index in [1.54, 1.807) is 0 Å². The molecule has 0 radical (unpaired) electrons. The Morgan fingerprint density at radius 3 is 2.27 bits per heavy atom. The van der Waals surface area contributed by atoms with Crippen molar-refractivity contribution in [1.29, 1.82) is 0 Å². The summed E-state index contributed by atoms with van der Waals surface area (Å²) in [5.74, 6) is -0.643. The first-order valence-electron chi connectivity index (χ1n) is 9.67. The Bertz CT molecular complexity index is 1170. The van der Waals surface area contributed by atoms with Crippen molar-refractivity contribution < 1.29 is 14.3 Å². The van der Waals surface area contributed by atoms with Crippen LogP contribution < -0.4 is 0 Å². The van der Waals surface area contributed by atoms with Crippen LogP contribution in [0.1, 0.15) is 26.9 Å². The van der Waals surface area contributed by atoms with Gasteiger partial charge in [-0.1, -0.05) is 66.7 Å². The van der Waals surface area contributed by atoms with Crippen LogP contribution in [0.4, 0.5) is 0 Å². The number of esters is 1. The average molecular weight is 416 g/mol. The second kappa shape index (κ2) is 9.01. The lowest BCUT2D eigenvalue weighted by atomic mass is 10.1. The molecule has 1 atom stereocenters. The number of Topliss-reactive ketones (excluding diaryl/α,β-unsaturated/α-hetero) is 1. The summed E-state index contributed by atoms with van der Waals surface area (Å²) in [6, 6.07) is 26.8. The van der Waals surface area contributed by atoms with Crippen LogP contribution in [0.5, 0.6) is 0 Å². The van der Waals surface area contributed by atoms with Gasteiger partial charge in [-0.3, -0.25) is 9.59 Å². The van der Waals surface area contributed by atoms with Crippen LogP contribution in [-0.2, 0) is 9.53 Å². The number of aromatic amines is 1. The van der Waals surface area contributed by atoms with E-state index >= 15 is 0 Å². The molecule has 0 unspecified atom stereocenters. The van der Waals surface area contributed by atoms with Crippen molar-refractivity contribution in [3.63, 3.8) is 0 Å². The van der Waals surface area contributed by atoms with E-state index in [1.165, 1.54) is 11.8 Å². The van der Waals surface area contributed by atoms with E-state index in [-0.39, 0.29) is 12.4 Å². The van der Waals surface area contributed by atoms with E-state index in [0.717, 1.165) is 27.1 Å². The van der Waals surface area contributed by atoms with Crippen molar-refractivity contribution >= 4 is 34.4 Å². The van der Waals surface area contributed by atoms with E-state index in [4.69, 9.17) is 4.74 Å². The van der Waals surface area contributed by atoms with Crippen LogP contribution in [0.2, 0.25) is 0 Å². The number of hydrogen-bond acceptors (Lipinski definition) is 4. The van der Waals surface area contributed by atoms with Crippen LogP contribution in [0.15, 0.2) is 89.8 Å². The third-order valence-electron chi connectivity index (χ3n) is 4.83. The van der Waals surface area contributed by atoms with Gasteiger partial charge >= 0.3 is 5.97 Å². The second-order valence-electron chi connectivity index (χ2n) is 6.92. The normalized spacial score (nSPS) is 11.9. The fourth-order valence-corrected chi connectivity index (χ4v) is 4.48. The predicted molar refractivity (Wildman–Crippen MR) is 120 cm³/mol. The average Bonchev–Trinajstić information content (AvgIpc) is 3.12.